The summed E-state index contributed by atoms with van der Waals surface area (Å²) in [4.78, 5) is 0.286. The molecule has 0 aliphatic heterocycles. The first-order valence-electron chi connectivity index (χ1n) is 5.20. The minimum Gasteiger partial charge on any atom is -0.768 e. The van der Waals surface area contributed by atoms with Crippen molar-refractivity contribution >= 4 is 11.1 Å². The van der Waals surface area contributed by atoms with Crippen LogP contribution in [0.4, 0.5) is 0 Å². The largest absolute Gasteiger partial charge is 0.768 e. The molecule has 88 valence electrons. The standard InChI is InChI=1S/C13H13NO2S/c14-9-11-4-1-2-7-13(11)10-5-3-6-12(8-10)17(15)16/h1-8H,9,14H2,(H,15,16)/p-1. The van der Waals surface area contributed by atoms with Gasteiger partial charge < -0.3 is 10.3 Å². The van der Waals surface area contributed by atoms with E-state index in [0.717, 1.165) is 16.7 Å². The Morgan fingerprint density at radius 3 is 2.59 bits per heavy atom. The predicted molar refractivity (Wildman–Crippen MR) is 67.0 cm³/mol. The second-order valence-corrected chi connectivity index (χ2v) is 4.56. The minimum atomic E-state index is -2.20. The number of benzene rings is 2. The van der Waals surface area contributed by atoms with E-state index in [9.17, 15) is 8.76 Å². The maximum absolute atomic E-state index is 10.9. The van der Waals surface area contributed by atoms with Crippen molar-refractivity contribution in [2.45, 2.75) is 11.4 Å². The lowest BCUT2D eigenvalue weighted by Crippen LogP contribution is -1.99. The van der Waals surface area contributed by atoms with Gasteiger partial charge in [0.2, 0.25) is 0 Å². The molecular formula is C13H12NO2S-. The van der Waals surface area contributed by atoms with Gasteiger partial charge in [0.05, 0.1) is 0 Å². The molecule has 0 aliphatic rings. The third-order valence-corrected chi connectivity index (χ3v) is 3.21. The molecule has 17 heavy (non-hydrogen) atoms. The van der Waals surface area contributed by atoms with Crippen molar-refractivity contribution in [2.24, 2.45) is 5.73 Å². The summed E-state index contributed by atoms with van der Waals surface area (Å²) >= 11 is -2.20. The van der Waals surface area contributed by atoms with Gasteiger partial charge in [-0.3, -0.25) is 4.21 Å². The normalized spacial score (nSPS) is 12.4. The van der Waals surface area contributed by atoms with E-state index >= 15 is 0 Å². The molecular weight excluding hydrogens is 234 g/mol. The summed E-state index contributed by atoms with van der Waals surface area (Å²) in [5, 5.41) is 0. The third kappa shape index (κ3) is 2.61. The van der Waals surface area contributed by atoms with Crippen molar-refractivity contribution in [3.63, 3.8) is 0 Å². The minimum absolute atomic E-state index is 0.286. The first kappa shape index (κ1) is 12.0. The molecule has 0 aromatic heterocycles. The summed E-state index contributed by atoms with van der Waals surface area (Å²) in [7, 11) is 0. The summed E-state index contributed by atoms with van der Waals surface area (Å²) < 4.78 is 21.8. The molecule has 0 amide bonds. The quantitative estimate of drug-likeness (QED) is 0.843. The Morgan fingerprint density at radius 2 is 1.88 bits per heavy atom. The fraction of sp³-hybridized carbons (Fsp3) is 0.0769. The second-order valence-electron chi connectivity index (χ2n) is 3.62. The van der Waals surface area contributed by atoms with Gasteiger partial charge in [0.1, 0.15) is 0 Å². The summed E-state index contributed by atoms with van der Waals surface area (Å²) in [6.45, 7) is 0.431. The Labute approximate surface area is 103 Å². The molecule has 0 aliphatic carbocycles. The molecule has 3 nitrogen and oxygen atoms in total. The van der Waals surface area contributed by atoms with Crippen LogP contribution in [0.25, 0.3) is 11.1 Å². The zero-order valence-corrected chi connectivity index (χ0v) is 9.94. The molecule has 4 heteroatoms. The number of hydrogen-bond acceptors (Lipinski definition) is 3. The molecule has 2 aromatic rings. The Balaban J connectivity index is 2.52. The van der Waals surface area contributed by atoms with E-state index < -0.39 is 11.1 Å². The molecule has 2 rings (SSSR count). The average molecular weight is 246 g/mol. The van der Waals surface area contributed by atoms with Crippen LogP contribution < -0.4 is 5.73 Å². The first-order chi connectivity index (χ1) is 8.22. The summed E-state index contributed by atoms with van der Waals surface area (Å²) in [5.74, 6) is 0. The lowest BCUT2D eigenvalue weighted by atomic mass is 10.00. The van der Waals surface area contributed by atoms with Gasteiger partial charge in [-0.25, -0.2) is 0 Å². The van der Waals surface area contributed by atoms with E-state index in [1.807, 2.05) is 30.3 Å². The van der Waals surface area contributed by atoms with Crippen LogP contribution in [-0.2, 0) is 17.6 Å². The lowest BCUT2D eigenvalue weighted by molar-refractivity contribution is 0.537. The predicted octanol–water partition coefficient (Wildman–Crippen LogP) is 2.05. The monoisotopic (exact) mass is 246 g/mol. The molecule has 0 saturated carbocycles. The van der Waals surface area contributed by atoms with Crippen LogP contribution in [0.2, 0.25) is 0 Å². The Hall–Kier alpha value is -1.49. The van der Waals surface area contributed by atoms with Crippen LogP contribution in [0.1, 0.15) is 5.56 Å². The van der Waals surface area contributed by atoms with E-state index in [2.05, 4.69) is 0 Å². The van der Waals surface area contributed by atoms with Crippen LogP contribution in [0.3, 0.4) is 0 Å². The van der Waals surface area contributed by atoms with Crippen LogP contribution in [0.15, 0.2) is 53.4 Å². The van der Waals surface area contributed by atoms with Crippen molar-refractivity contribution < 1.29 is 8.76 Å². The molecule has 2 aromatic carbocycles. The highest BCUT2D eigenvalue weighted by molar-refractivity contribution is 7.79. The molecule has 0 radical (unpaired) electrons. The Kier molecular flexibility index (Phi) is 3.68. The molecule has 1 atom stereocenters. The van der Waals surface area contributed by atoms with Gasteiger partial charge in [0, 0.05) is 11.4 Å². The Bertz CT molecular complexity index is 555. The van der Waals surface area contributed by atoms with Crippen molar-refractivity contribution in [1.29, 1.82) is 0 Å². The first-order valence-corrected chi connectivity index (χ1v) is 6.27. The third-order valence-electron chi connectivity index (χ3n) is 2.57. The van der Waals surface area contributed by atoms with Crippen molar-refractivity contribution in [3.8, 4) is 11.1 Å². The fourth-order valence-electron chi connectivity index (χ4n) is 1.75. The molecule has 0 fully saturated rings. The topological polar surface area (TPSA) is 66.2 Å². The lowest BCUT2D eigenvalue weighted by Gasteiger charge is -2.10. The van der Waals surface area contributed by atoms with Gasteiger partial charge in [-0.15, -0.1) is 0 Å². The molecule has 0 bridgehead atoms. The van der Waals surface area contributed by atoms with E-state index in [-0.39, 0.29) is 4.90 Å². The van der Waals surface area contributed by atoms with Gasteiger partial charge in [0.25, 0.3) is 0 Å². The highest BCUT2D eigenvalue weighted by Gasteiger charge is 2.03. The van der Waals surface area contributed by atoms with Gasteiger partial charge in [-0.1, -0.05) is 36.4 Å². The summed E-state index contributed by atoms with van der Waals surface area (Å²) in [5.41, 5.74) is 8.51. The fourth-order valence-corrected chi connectivity index (χ4v) is 2.16. The highest BCUT2D eigenvalue weighted by atomic mass is 32.2. The smallest absolute Gasteiger partial charge is 0.0254 e. The summed E-state index contributed by atoms with van der Waals surface area (Å²) in [6.07, 6.45) is 0. The highest BCUT2D eigenvalue weighted by Crippen LogP contribution is 2.24. The zero-order valence-electron chi connectivity index (χ0n) is 9.13. The van der Waals surface area contributed by atoms with Crippen molar-refractivity contribution in [2.75, 3.05) is 0 Å². The van der Waals surface area contributed by atoms with Gasteiger partial charge in [-0.2, -0.15) is 0 Å². The molecule has 0 spiro atoms. The average Bonchev–Trinajstić information content (AvgIpc) is 2.39. The molecule has 2 N–H and O–H groups in total. The van der Waals surface area contributed by atoms with Crippen molar-refractivity contribution in [3.05, 3.63) is 54.1 Å². The van der Waals surface area contributed by atoms with Crippen LogP contribution >= 0.6 is 0 Å². The van der Waals surface area contributed by atoms with Gasteiger partial charge in [0.15, 0.2) is 0 Å². The molecule has 1 unspecified atom stereocenters. The maximum atomic E-state index is 10.9. The molecule has 0 heterocycles. The van der Waals surface area contributed by atoms with E-state index in [0.29, 0.717) is 6.54 Å². The SMILES string of the molecule is NCc1ccccc1-c1cccc(S(=O)[O-])c1. The summed E-state index contributed by atoms with van der Waals surface area (Å²) in [6, 6.07) is 14.5. The van der Waals surface area contributed by atoms with E-state index in [4.69, 9.17) is 5.73 Å². The Morgan fingerprint density at radius 1 is 1.12 bits per heavy atom. The second kappa shape index (κ2) is 5.23. The maximum Gasteiger partial charge on any atom is 0.0254 e. The van der Waals surface area contributed by atoms with Gasteiger partial charge in [-0.05, 0) is 39.9 Å². The van der Waals surface area contributed by atoms with E-state index in [1.165, 1.54) is 0 Å². The van der Waals surface area contributed by atoms with Crippen molar-refractivity contribution in [1.82, 2.24) is 0 Å². The van der Waals surface area contributed by atoms with Crippen LogP contribution in [0.5, 0.6) is 0 Å². The molecule has 0 saturated heterocycles. The van der Waals surface area contributed by atoms with E-state index in [1.54, 1.807) is 18.2 Å². The number of hydrogen-bond donors (Lipinski definition) is 1. The van der Waals surface area contributed by atoms with Crippen LogP contribution in [-0.4, -0.2) is 8.76 Å². The van der Waals surface area contributed by atoms with Crippen LogP contribution in [0, 0.1) is 0 Å². The number of rotatable bonds is 3. The van der Waals surface area contributed by atoms with Gasteiger partial charge >= 0.3 is 0 Å². The zero-order chi connectivity index (χ0) is 12.3. The number of nitrogens with two attached hydrogens (primary N) is 1.